The minimum absolute atomic E-state index is 0.179. The zero-order valence-electron chi connectivity index (χ0n) is 11.6. The SMILES string of the molecule is CC1CN(CC2(O)CCC(C)(C)CC2)S(=O)(=O)C1. The number of sulfonamides is 1. The summed E-state index contributed by atoms with van der Waals surface area (Å²) < 4.78 is 25.4. The van der Waals surface area contributed by atoms with Crippen molar-refractivity contribution < 1.29 is 13.5 Å². The summed E-state index contributed by atoms with van der Waals surface area (Å²) in [6.45, 7) is 7.22. The highest BCUT2D eigenvalue weighted by molar-refractivity contribution is 7.89. The summed E-state index contributed by atoms with van der Waals surface area (Å²) in [6, 6.07) is 0. The van der Waals surface area contributed by atoms with Crippen molar-refractivity contribution in [2.45, 2.75) is 52.1 Å². The van der Waals surface area contributed by atoms with Gasteiger partial charge >= 0.3 is 0 Å². The van der Waals surface area contributed by atoms with E-state index in [1.165, 1.54) is 4.31 Å². The Morgan fingerprint density at radius 3 is 2.22 bits per heavy atom. The van der Waals surface area contributed by atoms with E-state index in [1.54, 1.807) is 0 Å². The van der Waals surface area contributed by atoms with Crippen molar-refractivity contribution in [2.75, 3.05) is 18.8 Å². The summed E-state index contributed by atoms with van der Waals surface area (Å²) in [5.74, 6) is 0.410. The minimum atomic E-state index is -3.13. The van der Waals surface area contributed by atoms with E-state index in [-0.39, 0.29) is 23.6 Å². The predicted octanol–water partition coefficient (Wildman–Crippen LogP) is 1.60. The highest BCUT2D eigenvalue weighted by Gasteiger charge is 2.42. The van der Waals surface area contributed by atoms with E-state index in [0.29, 0.717) is 19.4 Å². The van der Waals surface area contributed by atoms with Gasteiger partial charge in [-0.1, -0.05) is 20.8 Å². The molecule has 2 fully saturated rings. The molecule has 2 rings (SSSR count). The Kier molecular flexibility index (Phi) is 3.54. The van der Waals surface area contributed by atoms with E-state index in [9.17, 15) is 13.5 Å². The van der Waals surface area contributed by atoms with Crippen LogP contribution in [0, 0.1) is 11.3 Å². The van der Waals surface area contributed by atoms with Gasteiger partial charge in [-0.2, -0.15) is 4.31 Å². The maximum absolute atomic E-state index is 11.9. The van der Waals surface area contributed by atoms with Gasteiger partial charge in [-0.3, -0.25) is 0 Å². The maximum atomic E-state index is 11.9. The molecule has 0 aromatic heterocycles. The monoisotopic (exact) mass is 275 g/mol. The van der Waals surface area contributed by atoms with Crippen LogP contribution in [-0.4, -0.2) is 42.3 Å². The fraction of sp³-hybridized carbons (Fsp3) is 1.00. The summed E-state index contributed by atoms with van der Waals surface area (Å²) in [5, 5.41) is 10.6. The van der Waals surface area contributed by atoms with Gasteiger partial charge < -0.3 is 5.11 Å². The molecule has 0 aromatic carbocycles. The lowest BCUT2D eigenvalue weighted by Gasteiger charge is -2.41. The molecule has 1 aliphatic carbocycles. The van der Waals surface area contributed by atoms with Gasteiger partial charge in [0, 0.05) is 13.1 Å². The largest absolute Gasteiger partial charge is 0.389 e. The van der Waals surface area contributed by atoms with Crippen LogP contribution in [0.25, 0.3) is 0 Å². The van der Waals surface area contributed by atoms with Gasteiger partial charge in [0.1, 0.15) is 0 Å². The average molecular weight is 275 g/mol. The quantitative estimate of drug-likeness (QED) is 0.833. The van der Waals surface area contributed by atoms with E-state index in [4.69, 9.17) is 0 Å². The van der Waals surface area contributed by atoms with Crippen molar-refractivity contribution in [3.63, 3.8) is 0 Å². The zero-order valence-corrected chi connectivity index (χ0v) is 12.5. The van der Waals surface area contributed by atoms with Crippen LogP contribution < -0.4 is 0 Å². The van der Waals surface area contributed by atoms with Crippen LogP contribution in [0.3, 0.4) is 0 Å². The van der Waals surface area contributed by atoms with Crippen LogP contribution in [0.2, 0.25) is 0 Å². The molecular formula is C13H25NO3S. The van der Waals surface area contributed by atoms with Gasteiger partial charge in [0.15, 0.2) is 0 Å². The first-order valence-electron chi connectivity index (χ1n) is 6.82. The summed E-state index contributed by atoms with van der Waals surface area (Å²) in [6.07, 6.45) is 3.35. The van der Waals surface area contributed by atoms with Crippen LogP contribution in [-0.2, 0) is 10.0 Å². The van der Waals surface area contributed by atoms with Gasteiger partial charge in [-0.05, 0) is 37.0 Å². The first kappa shape index (κ1) is 14.3. The molecule has 0 amide bonds. The molecule has 4 nitrogen and oxygen atoms in total. The Balaban J connectivity index is 2.02. The number of hydrogen-bond donors (Lipinski definition) is 1. The normalized spacial score (nSPS) is 34.6. The number of β-amino-alcohol motifs (C(OH)–C–C–N with tert-alkyl or cyclic N) is 1. The summed E-state index contributed by atoms with van der Waals surface area (Å²) >= 11 is 0. The molecule has 106 valence electrons. The molecule has 0 aromatic rings. The molecule has 1 N–H and O–H groups in total. The molecule has 1 atom stereocenters. The predicted molar refractivity (Wildman–Crippen MR) is 71.7 cm³/mol. The molecule has 0 bridgehead atoms. The topological polar surface area (TPSA) is 57.6 Å². The summed E-state index contributed by atoms with van der Waals surface area (Å²) in [4.78, 5) is 0. The van der Waals surface area contributed by atoms with Crippen LogP contribution in [0.15, 0.2) is 0 Å². The van der Waals surface area contributed by atoms with Gasteiger partial charge in [0.25, 0.3) is 0 Å². The molecule has 0 spiro atoms. The standard InChI is InChI=1S/C13H25NO3S/c1-11-8-14(18(16,17)9-11)10-13(15)6-4-12(2,3)5-7-13/h11,15H,4-10H2,1-3H3. The highest BCUT2D eigenvalue weighted by atomic mass is 32.2. The molecule has 1 unspecified atom stereocenters. The molecule has 2 aliphatic rings. The molecule has 1 saturated carbocycles. The third-order valence-corrected chi connectivity index (χ3v) is 6.46. The zero-order chi connectivity index (χ0) is 13.6. The van der Waals surface area contributed by atoms with E-state index in [0.717, 1.165) is 12.8 Å². The number of aliphatic hydroxyl groups is 1. The van der Waals surface area contributed by atoms with E-state index >= 15 is 0 Å². The van der Waals surface area contributed by atoms with Gasteiger partial charge in [0.05, 0.1) is 11.4 Å². The Morgan fingerprint density at radius 2 is 1.78 bits per heavy atom. The Bertz CT molecular complexity index is 406. The third kappa shape index (κ3) is 3.06. The number of nitrogens with zero attached hydrogens (tertiary/aromatic N) is 1. The minimum Gasteiger partial charge on any atom is -0.389 e. The number of rotatable bonds is 2. The Morgan fingerprint density at radius 1 is 1.22 bits per heavy atom. The molecule has 1 saturated heterocycles. The van der Waals surface area contributed by atoms with Crippen molar-refractivity contribution in [1.82, 2.24) is 4.31 Å². The van der Waals surface area contributed by atoms with Crippen molar-refractivity contribution in [3.8, 4) is 0 Å². The van der Waals surface area contributed by atoms with Crippen molar-refractivity contribution in [2.24, 2.45) is 11.3 Å². The Labute approximate surface area is 110 Å². The average Bonchev–Trinajstić information content (AvgIpc) is 2.46. The molecule has 1 aliphatic heterocycles. The lowest BCUT2D eigenvalue weighted by Crippen LogP contribution is -2.47. The van der Waals surface area contributed by atoms with Crippen LogP contribution in [0.1, 0.15) is 46.5 Å². The van der Waals surface area contributed by atoms with Crippen LogP contribution >= 0.6 is 0 Å². The first-order chi connectivity index (χ1) is 8.12. The van der Waals surface area contributed by atoms with Crippen molar-refractivity contribution >= 4 is 10.0 Å². The molecule has 1 heterocycles. The van der Waals surface area contributed by atoms with E-state index < -0.39 is 15.6 Å². The Hall–Kier alpha value is -0.130. The van der Waals surface area contributed by atoms with Gasteiger partial charge in [-0.15, -0.1) is 0 Å². The highest BCUT2D eigenvalue weighted by Crippen LogP contribution is 2.41. The van der Waals surface area contributed by atoms with Gasteiger partial charge in [0.2, 0.25) is 10.0 Å². The van der Waals surface area contributed by atoms with E-state index in [2.05, 4.69) is 13.8 Å². The smallest absolute Gasteiger partial charge is 0.214 e. The lowest BCUT2D eigenvalue weighted by atomic mass is 9.71. The first-order valence-corrected chi connectivity index (χ1v) is 8.43. The molecule has 0 radical (unpaired) electrons. The third-order valence-electron chi connectivity index (χ3n) is 4.41. The van der Waals surface area contributed by atoms with E-state index in [1.807, 2.05) is 6.92 Å². The lowest BCUT2D eigenvalue weighted by molar-refractivity contribution is -0.0365. The molecular weight excluding hydrogens is 250 g/mol. The summed E-state index contributed by atoms with van der Waals surface area (Å²) in [5.41, 5.74) is -0.532. The fourth-order valence-electron chi connectivity index (χ4n) is 3.02. The fourth-order valence-corrected chi connectivity index (χ4v) is 4.97. The number of hydrogen-bond acceptors (Lipinski definition) is 3. The second-order valence-electron chi connectivity index (χ2n) is 7.06. The van der Waals surface area contributed by atoms with Gasteiger partial charge in [-0.25, -0.2) is 8.42 Å². The molecule has 5 heteroatoms. The molecule has 18 heavy (non-hydrogen) atoms. The van der Waals surface area contributed by atoms with Crippen LogP contribution in [0.4, 0.5) is 0 Å². The van der Waals surface area contributed by atoms with Crippen LogP contribution in [0.5, 0.6) is 0 Å². The summed E-state index contributed by atoms with van der Waals surface area (Å²) in [7, 11) is -3.13. The van der Waals surface area contributed by atoms with Crippen molar-refractivity contribution in [1.29, 1.82) is 0 Å². The van der Waals surface area contributed by atoms with Crippen molar-refractivity contribution in [3.05, 3.63) is 0 Å². The second kappa shape index (κ2) is 4.46. The second-order valence-corrected chi connectivity index (χ2v) is 9.08. The maximum Gasteiger partial charge on any atom is 0.214 e.